The number of nitrogens with zero attached hydrogens (tertiary/aromatic N) is 1. The summed E-state index contributed by atoms with van der Waals surface area (Å²) in [5.74, 6) is 0.835. The summed E-state index contributed by atoms with van der Waals surface area (Å²) < 4.78 is 10.9. The van der Waals surface area contributed by atoms with Crippen LogP contribution in [0.3, 0.4) is 0 Å². The van der Waals surface area contributed by atoms with Crippen LogP contribution in [-0.2, 0) is 10.8 Å². The Morgan fingerprint density at radius 2 is 2.19 bits per heavy atom. The highest BCUT2D eigenvalue weighted by atomic mass is 32.2. The third-order valence-electron chi connectivity index (χ3n) is 3.68. The summed E-state index contributed by atoms with van der Waals surface area (Å²) in [7, 11) is -0.630. The molecule has 16 heavy (non-hydrogen) atoms. The monoisotopic (exact) mass is 244 g/mol. The van der Waals surface area contributed by atoms with Gasteiger partial charge in [0.2, 0.25) is 0 Å². The largest absolute Gasteiger partial charge is 0.313 e. The highest BCUT2D eigenvalue weighted by Gasteiger charge is 2.38. The van der Waals surface area contributed by atoms with Crippen molar-refractivity contribution in [1.82, 2.24) is 10.2 Å². The van der Waals surface area contributed by atoms with Gasteiger partial charge in [0.1, 0.15) is 0 Å². The van der Waals surface area contributed by atoms with Crippen molar-refractivity contribution in [1.29, 1.82) is 0 Å². The molecule has 94 valence electrons. The molecule has 0 aromatic heterocycles. The van der Waals surface area contributed by atoms with E-state index in [0.717, 1.165) is 30.8 Å². The molecule has 4 heteroatoms. The lowest BCUT2D eigenvalue weighted by atomic mass is 10.2. The average Bonchev–Trinajstić information content (AvgIpc) is 2.98. The van der Waals surface area contributed by atoms with E-state index in [0.29, 0.717) is 6.04 Å². The minimum atomic E-state index is -0.630. The molecule has 0 spiro atoms. The second-order valence-corrected chi connectivity index (χ2v) is 6.85. The fourth-order valence-electron chi connectivity index (χ4n) is 2.70. The second kappa shape index (κ2) is 5.61. The molecule has 2 fully saturated rings. The first-order valence-electron chi connectivity index (χ1n) is 6.46. The number of nitrogens with one attached hydrogen (secondary N) is 1. The molecule has 1 saturated heterocycles. The number of likely N-dealkylation sites (tertiary alicyclic amines) is 1. The van der Waals surface area contributed by atoms with Gasteiger partial charge in [0, 0.05) is 47.5 Å². The van der Waals surface area contributed by atoms with E-state index in [9.17, 15) is 4.21 Å². The maximum atomic E-state index is 10.9. The zero-order valence-electron chi connectivity index (χ0n) is 10.4. The molecule has 1 heterocycles. The second-order valence-electron chi connectivity index (χ2n) is 5.29. The highest BCUT2D eigenvalue weighted by Crippen LogP contribution is 2.33. The molecule has 2 aliphatic rings. The van der Waals surface area contributed by atoms with Crippen LogP contribution in [0.4, 0.5) is 0 Å². The Hall–Kier alpha value is 0.0700. The normalized spacial score (nSPS) is 33.1. The van der Waals surface area contributed by atoms with Gasteiger partial charge < -0.3 is 5.32 Å². The Bertz CT molecular complexity index is 255. The van der Waals surface area contributed by atoms with Gasteiger partial charge in [-0.25, -0.2) is 0 Å². The van der Waals surface area contributed by atoms with Gasteiger partial charge in [-0.2, -0.15) is 0 Å². The van der Waals surface area contributed by atoms with Crippen molar-refractivity contribution in [2.45, 2.75) is 50.7 Å². The van der Waals surface area contributed by atoms with E-state index in [1.165, 1.54) is 25.8 Å². The molecule has 2 rings (SSSR count). The van der Waals surface area contributed by atoms with Gasteiger partial charge >= 0.3 is 0 Å². The number of hydrogen-bond acceptors (Lipinski definition) is 3. The molecular formula is C12H24N2OS. The van der Waals surface area contributed by atoms with Crippen LogP contribution in [0, 0.1) is 0 Å². The van der Waals surface area contributed by atoms with Gasteiger partial charge in [-0.1, -0.05) is 0 Å². The Balaban J connectivity index is 1.62. The van der Waals surface area contributed by atoms with E-state index in [1.807, 2.05) is 0 Å². The summed E-state index contributed by atoms with van der Waals surface area (Å²) in [5, 5.41) is 3.60. The predicted molar refractivity (Wildman–Crippen MR) is 69.1 cm³/mol. The first kappa shape index (κ1) is 12.5. The molecule has 1 aliphatic carbocycles. The average molecular weight is 244 g/mol. The molecule has 0 aromatic carbocycles. The van der Waals surface area contributed by atoms with Gasteiger partial charge in [0.15, 0.2) is 0 Å². The molecule has 3 nitrogen and oxygen atoms in total. The minimum Gasteiger partial charge on any atom is -0.313 e. The summed E-state index contributed by atoms with van der Waals surface area (Å²) in [6.45, 7) is 4.59. The maximum absolute atomic E-state index is 10.9. The summed E-state index contributed by atoms with van der Waals surface area (Å²) in [4.78, 5) is 2.66. The Morgan fingerprint density at radius 1 is 1.44 bits per heavy atom. The van der Waals surface area contributed by atoms with Gasteiger partial charge in [0.05, 0.1) is 0 Å². The SMILES string of the molecule is CC1CC(NCCCS(C)=O)CN1C1CC1. The summed E-state index contributed by atoms with van der Waals surface area (Å²) >= 11 is 0. The molecule has 3 atom stereocenters. The zero-order chi connectivity index (χ0) is 11.5. The predicted octanol–water partition coefficient (Wildman–Crippen LogP) is 0.970. The lowest BCUT2D eigenvalue weighted by Gasteiger charge is -2.19. The van der Waals surface area contributed by atoms with Gasteiger partial charge in [-0.3, -0.25) is 9.11 Å². The summed E-state index contributed by atoms with van der Waals surface area (Å²) in [5.41, 5.74) is 0. The Kier molecular flexibility index (Phi) is 4.39. The summed E-state index contributed by atoms with van der Waals surface area (Å²) in [6, 6.07) is 2.32. The van der Waals surface area contributed by atoms with E-state index < -0.39 is 10.8 Å². The molecule has 3 unspecified atom stereocenters. The van der Waals surface area contributed by atoms with Crippen molar-refractivity contribution >= 4 is 10.8 Å². The van der Waals surface area contributed by atoms with Crippen molar-refractivity contribution < 1.29 is 4.21 Å². The highest BCUT2D eigenvalue weighted by molar-refractivity contribution is 7.84. The van der Waals surface area contributed by atoms with E-state index in [4.69, 9.17) is 0 Å². The first-order valence-corrected chi connectivity index (χ1v) is 8.18. The fraction of sp³-hybridized carbons (Fsp3) is 1.00. The maximum Gasteiger partial charge on any atom is 0.0244 e. The van der Waals surface area contributed by atoms with Crippen molar-refractivity contribution in [3.63, 3.8) is 0 Å². The number of rotatable bonds is 6. The standard InChI is InChI=1S/C12H24N2OS/c1-10-8-11(9-14(10)12-4-5-12)13-6-3-7-16(2)15/h10-13H,3-9H2,1-2H3. The van der Waals surface area contributed by atoms with Crippen LogP contribution in [0.25, 0.3) is 0 Å². The van der Waals surface area contributed by atoms with Crippen LogP contribution in [0.5, 0.6) is 0 Å². The van der Waals surface area contributed by atoms with Gasteiger partial charge in [-0.15, -0.1) is 0 Å². The molecule has 1 saturated carbocycles. The van der Waals surface area contributed by atoms with Crippen LogP contribution in [0.2, 0.25) is 0 Å². The van der Waals surface area contributed by atoms with Crippen molar-refractivity contribution in [3.8, 4) is 0 Å². The van der Waals surface area contributed by atoms with E-state index in [1.54, 1.807) is 6.26 Å². The van der Waals surface area contributed by atoms with Crippen LogP contribution in [0.1, 0.15) is 32.6 Å². The fourth-order valence-corrected chi connectivity index (χ4v) is 3.25. The minimum absolute atomic E-state index is 0.630. The molecule has 0 bridgehead atoms. The van der Waals surface area contributed by atoms with E-state index in [-0.39, 0.29) is 0 Å². The van der Waals surface area contributed by atoms with Gasteiger partial charge in [-0.05, 0) is 39.2 Å². The van der Waals surface area contributed by atoms with Crippen LogP contribution in [-0.4, -0.2) is 52.3 Å². The third-order valence-corrected chi connectivity index (χ3v) is 4.54. The lowest BCUT2D eigenvalue weighted by Crippen LogP contribution is -2.34. The summed E-state index contributed by atoms with van der Waals surface area (Å²) in [6.07, 6.45) is 6.92. The van der Waals surface area contributed by atoms with Crippen LogP contribution < -0.4 is 5.32 Å². The van der Waals surface area contributed by atoms with E-state index >= 15 is 0 Å². The van der Waals surface area contributed by atoms with Crippen LogP contribution in [0.15, 0.2) is 0 Å². The first-order chi connectivity index (χ1) is 7.66. The molecular weight excluding hydrogens is 220 g/mol. The Morgan fingerprint density at radius 3 is 2.81 bits per heavy atom. The number of hydrogen-bond donors (Lipinski definition) is 1. The van der Waals surface area contributed by atoms with E-state index in [2.05, 4.69) is 17.1 Å². The van der Waals surface area contributed by atoms with Crippen LogP contribution >= 0.6 is 0 Å². The third kappa shape index (κ3) is 3.54. The molecule has 1 N–H and O–H groups in total. The molecule has 0 aromatic rings. The lowest BCUT2D eigenvalue weighted by molar-refractivity contribution is 0.255. The molecule has 1 aliphatic heterocycles. The van der Waals surface area contributed by atoms with Gasteiger partial charge in [0.25, 0.3) is 0 Å². The molecule has 0 amide bonds. The Labute approximate surface area is 101 Å². The molecule has 0 radical (unpaired) electrons. The van der Waals surface area contributed by atoms with Crippen molar-refractivity contribution in [3.05, 3.63) is 0 Å². The zero-order valence-corrected chi connectivity index (χ0v) is 11.3. The quantitative estimate of drug-likeness (QED) is 0.707. The topological polar surface area (TPSA) is 32.3 Å². The van der Waals surface area contributed by atoms with Crippen molar-refractivity contribution in [2.75, 3.05) is 25.1 Å². The van der Waals surface area contributed by atoms with Crippen molar-refractivity contribution in [2.24, 2.45) is 0 Å². The smallest absolute Gasteiger partial charge is 0.0244 e.